The Labute approximate surface area is 234 Å². The minimum absolute atomic E-state index is 0.0453. The molecule has 0 aliphatic heterocycles. The maximum absolute atomic E-state index is 12.1. The van der Waals surface area contributed by atoms with E-state index in [-0.39, 0.29) is 32.5 Å². The Morgan fingerprint density at radius 3 is 1.55 bits per heavy atom. The summed E-state index contributed by atoms with van der Waals surface area (Å²) < 4.78 is 30.6. The van der Waals surface area contributed by atoms with Crippen molar-refractivity contribution in [2.75, 3.05) is 33.7 Å². The Hall–Kier alpha value is -3.76. The smallest absolute Gasteiger partial charge is 0.311 e. The molecule has 0 aliphatic carbocycles. The maximum Gasteiger partial charge on any atom is 0.311 e. The van der Waals surface area contributed by atoms with Crippen LogP contribution in [-0.4, -0.2) is 57.6 Å². The van der Waals surface area contributed by atoms with E-state index in [0.29, 0.717) is 37.7 Å². The lowest BCUT2D eigenvalue weighted by atomic mass is 10.1. The van der Waals surface area contributed by atoms with E-state index in [4.69, 9.17) is 28.4 Å². The number of carbonyl (C=O) groups excluding carboxylic acids is 4. The van der Waals surface area contributed by atoms with E-state index >= 15 is 0 Å². The standard InChI is InChI=1S/C30H38O10/c1-3-4-20-36-22-38-28(32)16-18-30(34)40-26-13-9-24(10-14-26)23-7-11-25(12-8-23)39-29(33)17-15-27(31)37-21-6-5-19-35-2/h7-14H,3-6,15-22H2,1-2H3. The van der Waals surface area contributed by atoms with E-state index < -0.39 is 23.9 Å². The van der Waals surface area contributed by atoms with Crippen molar-refractivity contribution < 1.29 is 47.6 Å². The van der Waals surface area contributed by atoms with Crippen molar-refractivity contribution in [2.24, 2.45) is 0 Å². The van der Waals surface area contributed by atoms with Crippen LogP contribution >= 0.6 is 0 Å². The van der Waals surface area contributed by atoms with Gasteiger partial charge in [0.25, 0.3) is 0 Å². The Kier molecular flexibility index (Phi) is 15.7. The van der Waals surface area contributed by atoms with E-state index in [9.17, 15) is 19.2 Å². The molecule has 0 aromatic heterocycles. The third-order valence-electron chi connectivity index (χ3n) is 5.52. The van der Waals surface area contributed by atoms with Gasteiger partial charge >= 0.3 is 23.9 Å². The van der Waals surface area contributed by atoms with E-state index in [1.807, 2.05) is 6.92 Å². The molecule has 0 bridgehead atoms. The van der Waals surface area contributed by atoms with Gasteiger partial charge in [-0.3, -0.25) is 19.2 Å². The predicted molar refractivity (Wildman–Crippen MR) is 146 cm³/mol. The van der Waals surface area contributed by atoms with Gasteiger partial charge in [0.15, 0.2) is 6.79 Å². The van der Waals surface area contributed by atoms with Crippen LogP contribution in [0.1, 0.15) is 58.3 Å². The first-order valence-electron chi connectivity index (χ1n) is 13.4. The van der Waals surface area contributed by atoms with Crippen LogP contribution in [0.25, 0.3) is 11.1 Å². The molecule has 0 spiro atoms. The van der Waals surface area contributed by atoms with Gasteiger partial charge in [0.2, 0.25) is 0 Å². The van der Waals surface area contributed by atoms with Crippen molar-refractivity contribution in [1.82, 2.24) is 0 Å². The molecule has 2 aromatic carbocycles. The minimum atomic E-state index is -0.543. The molecule has 0 saturated heterocycles. The van der Waals surface area contributed by atoms with Crippen molar-refractivity contribution in [1.29, 1.82) is 0 Å². The van der Waals surface area contributed by atoms with Crippen LogP contribution in [-0.2, 0) is 38.1 Å². The lowest BCUT2D eigenvalue weighted by Gasteiger charge is -2.08. The third kappa shape index (κ3) is 13.9. The second-order valence-corrected chi connectivity index (χ2v) is 8.81. The Morgan fingerprint density at radius 2 is 1.05 bits per heavy atom. The van der Waals surface area contributed by atoms with Crippen LogP contribution < -0.4 is 9.47 Å². The molecule has 0 fully saturated rings. The van der Waals surface area contributed by atoms with Crippen LogP contribution in [0.4, 0.5) is 0 Å². The van der Waals surface area contributed by atoms with Crippen LogP contribution in [0, 0.1) is 0 Å². The predicted octanol–water partition coefficient (Wildman–Crippen LogP) is 5.01. The first kappa shape index (κ1) is 32.5. The van der Waals surface area contributed by atoms with Gasteiger partial charge in [0, 0.05) is 13.7 Å². The molecule has 0 saturated carbocycles. The van der Waals surface area contributed by atoms with Gasteiger partial charge in [-0.05, 0) is 54.7 Å². The van der Waals surface area contributed by atoms with Crippen molar-refractivity contribution in [3.05, 3.63) is 48.5 Å². The zero-order valence-electron chi connectivity index (χ0n) is 23.2. The second-order valence-electron chi connectivity index (χ2n) is 8.81. The number of ether oxygens (including phenoxy) is 6. The molecule has 0 amide bonds. The quantitative estimate of drug-likeness (QED) is 0.101. The molecule has 10 heteroatoms. The molecule has 0 N–H and O–H groups in total. The highest BCUT2D eigenvalue weighted by molar-refractivity contribution is 5.80. The monoisotopic (exact) mass is 558 g/mol. The van der Waals surface area contributed by atoms with Crippen molar-refractivity contribution >= 4 is 23.9 Å². The van der Waals surface area contributed by atoms with Crippen molar-refractivity contribution in [3.63, 3.8) is 0 Å². The third-order valence-corrected chi connectivity index (χ3v) is 5.52. The van der Waals surface area contributed by atoms with E-state index in [2.05, 4.69) is 0 Å². The Balaban J connectivity index is 1.70. The first-order valence-corrected chi connectivity index (χ1v) is 13.4. The molecule has 0 heterocycles. The number of carbonyl (C=O) groups is 4. The van der Waals surface area contributed by atoms with Crippen molar-refractivity contribution in [3.8, 4) is 22.6 Å². The lowest BCUT2D eigenvalue weighted by Crippen LogP contribution is -2.13. The fraction of sp³-hybridized carbons (Fsp3) is 0.467. The topological polar surface area (TPSA) is 124 Å². The van der Waals surface area contributed by atoms with Crippen LogP contribution in [0.2, 0.25) is 0 Å². The summed E-state index contributed by atoms with van der Waals surface area (Å²) in [5, 5.41) is 0. The summed E-state index contributed by atoms with van der Waals surface area (Å²) in [6, 6.07) is 13.8. The second kappa shape index (κ2) is 19.3. The molecule has 0 aliphatic rings. The van der Waals surface area contributed by atoms with Crippen LogP contribution in [0.5, 0.6) is 11.5 Å². The first-order chi connectivity index (χ1) is 19.4. The van der Waals surface area contributed by atoms with Crippen LogP contribution in [0.3, 0.4) is 0 Å². The highest BCUT2D eigenvalue weighted by Crippen LogP contribution is 2.25. The number of unbranched alkanes of at least 4 members (excludes halogenated alkanes) is 2. The average molecular weight is 559 g/mol. The SMILES string of the molecule is CCCCOCOC(=O)CCC(=O)Oc1ccc(-c2ccc(OC(=O)CCC(=O)OCCCCOC)cc2)cc1. The van der Waals surface area contributed by atoms with Gasteiger partial charge in [0.1, 0.15) is 11.5 Å². The van der Waals surface area contributed by atoms with E-state index in [1.165, 1.54) is 0 Å². The minimum Gasteiger partial charge on any atom is -0.466 e. The summed E-state index contributed by atoms with van der Waals surface area (Å²) in [5.41, 5.74) is 1.72. The lowest BCUT2D eigenvalue weighted by molar-refractivity contribution is -0.158. The van der Waals surface area contributed by atoms with Gasteiger partial charge in [-0.2, -0.15) is 0 Å². The normalized spacial score (nSPS) is 10.6. The van der Waals surface area contributed by atoms with Gasteiger partial charge in [-0.1, -0.05) is 37.6 Å². The number of methoxy groups -OCH3 is 1. The molecule has 40 heavy (non-hydrogen) atoms. The molecular weight excluding hydrogens is 520 g/mol. The number of rotatable bonds is 19. The van der Waals surface area contributed by atoms with E-state index in [1.54, 1.807) is 55.6 Å². The molecule has 2 aromatic rings. The van der Waals surface area contributed by atoms with Gasteiger partial charge in [0.05, 0.1) is 38.9 Å². The zero-order chi connectivity index (χ0) is 29.0. The Bertz CT molecular complexity index is 962. The molecular formula is C30H38O10. The van der Waals surface area contributed by atoms with Gasteiger partial charge < -0.3 is 28.4 Å². The molecule has 0 radical (unpaired) electrons. The maximum atomic E-state index is 12.1. The van der Waals surface area contributed by atoms with Gasteiger partial charge in [-0.25, -0.2) is 0 Å². The molecule has 10 nitrogen and oxygen atoms in total. The zero-order valence-corrected chi connectivity index (χ0v) is 23.2. The number of esters is 4. The largest absolute Gasteiger partial charge is 0.466 e. The highest BCUT2D eigenvalue weighted by atomic mass is 16.7. The number of hydrogen-bond donors (Lipinski definition) is 0. The fourth-order valence-electron chi connectivity index (χ4n) is 3.30. The van der Waals surface area contributed by atoms with Gasteiger partial charge in [-0.15, -0.1) is 0 Å². The van der Waals surface area contributed by atoms with Crippen LogP contribution in [0.15, 0.2) is 48.5 Å². The molecule has 0 atom stereocenters. The highest BCUT2D eigenvalue weighted by Gasteiger charge is 2.12. The summed E-state index contributed by atoms with van der Waals surface area (Å²) in [4.78, 5) is 47.5. The number of benzene rings is 2. The fourth-order valence-corrected chi connectivity index (χ4v) is 3.30. The average Bonchev–Trinajstić information content (AvgIpc) is 2.95. The Morgan fingerprint density at radius 1 is 0.575 bits per heavy atom. The van der Waals surface area contributed by atoms with E-state index in [0.717, 1.165) is 30.4 Å². The summed E-state index contributed by atoms with van der Waals surface area (Å²) in [5.74, 6) is -1.32. The summed E-state index contributed by atoms with van der Waals surface area (Å²) in [6.45, 7) is 3.35. The summed E-state index contributed by atoms with van der Waals surface area (Å²) >= 11 is 0. The summed E-state index contributed by atoms with van der Waals surface area (Å²) in [7, 11) is 1.61. The van der Waals surface area contributed by atoms with Crippen molar-refractivity contribution in [2.45, 2.75) is 58.3 Å². The molecule has 218 valence electrons. The summed E-state index contributed by atoms with van der Waals surface area (Å²) in [6.07, 6.45) is 3.07. The number of hydrogen-bond acceptors (Lipinski definition) is 10. The molecule has 2 rings (SSSR count). The molecule has 0 unspecified atom stereocenters.